The van der Waals surface area contributed by atoms with Crippen LogP contribution in [0.15, 0.2) is 24.3 Å². The number of aromatic nitrogens is 3. The normalized spacial score (nSPS) is 20.1. The Labute approximate surface area is 260 Å². The largest absolute Gasteiger partial charge is 0.508 e. The summed E-state index contributed by atoms with van der Waals surface area (Å²) in [5.74, 6) is 1.53. The number of halogens is 2. The van der Waals surface area contributed by atoms with Gasteiger partial charge in [0.25, 0.3) is 0 Å². The topological polar surface area (TPSA) is 95.9 Å². The van der Waals surface area contributed by atoms with E-state index in [1.54, 1.807) is 0 Å². The summed E-state index contributed by atoms with van der Waals surface area (Å²) in [5, 5.41) is 15.0. The van der Waals surface area contributed by atoms with Gasteiger partial charge in [0.2, 0.25) is 5.88 Å². The predicted molar refractivity (Wildman–Crippen MR) is 169 cm³/mol. The molecule has 1 atom stereocenters. The lowest BCUT2D eigenvalue weighted by molar-refractivity contribution is 0.108. The Bertz CT molecular complexity index is 1830. The number of ether oxygens (including phenoxy) is 2. The van der Waals surface area contributed by atoms with Crippen LogP contribution in [0.25, 0.3) is 32.9 Å². The van der Waals surface area contributed by atoms with E-state index in [0.717, 1.165) is 45.3 Å². The molecule has 4 aliphatic rings. The fourth-order valence-corrected chi connectivity index (χ4v) is 7.44. The van der Waals surface area contributed by atoms with E-state index in [1.807, 2.05) is 13.8 Å². The highest BCUT2D eigenvalue weighted by Crippen LogP contribution is 2.44. The highest BCUT2D eigenvalue weighted by molar-refractivity contribution is 6.04. The van der Waals surface area contributed by atoms with Crippen molar-refractivity contribution < 1.29 is 23.4 Å². The second kappa shape index (κ2) is 11.6. The van der Waals surface area contributed by atoms with Crippen LogP contribution in [0.4, 0.5) is 14.6 Å². The van der Waals surface area contributed by atoms with Crippen LogP contribution >= 0.6 is 0 Å². The number of anilines is 1. The number of terminal acetylenes is 1. The predicted octanol–water partition coefficient (Wildman–Crippen LogP) is 5.01. The van der Waals surface area contributed by atoms with Crippen molar-refractivity contribution in [2.75, 3.05) is 50.8 Å². The third-order valence-electron chi connectivity index (χ3n) is 9.48. The second-order valence-corrected chi connectivity index (χ2v) is 11.9. The van der Waals surface area contributed by atoms with Gasteiger partial charge >= 0.3 is 6.01 Å². The summed E-state index contributed by atoms with van der Waals surface area (Å²) in [4.78, 5) is 18.7. The minimum atomic E-state index is -0.759. The van der Waals surface area contributed by atoms with Crippen molar-refractivity contribution in [2.45, 2.75) is 51.1 Å². The van der Waals surface area contributed by atoms with Gasteiger partial charge in [-0.05, 0) is 62.4 Å². The van der Waals surface area contributed by atoms with Gasteiger partial charge in [0, 0.05) is 30.6 Å². The van der Waals surface area contributed by atoms with E-state index in [1.165, 1.54) is 24.3 Å². The molecule has 0 radical (unpaired) electrons. The summed E-state index contributed by atoms with van der Waals surface area (Å²) in [6.45, 7) is 8.85. The van der Waals surface area contributed by atoms with Gasteiger partial charge < -0.3 is 24.8 Å². The average Bonchev–Trinajstić information content (AvgIpc) is 3.60. The molecule has 6 heterocycles. The van der Waals surface area contributed by atoms with Gasteiger partial charge in [-0.25, -0.2) is 13.8 Å². The molecule has 2 aromatic carbocycles. The molecule has 0 bridgehead atoms. The van der Waals surface area contributed by atoms with E-state index < -0.39 is 11.6 Å². The molecular formula is C34H36F2N6O3. The molecular weight excluding hydrogens is 578 g/mol. The van der Waals surface area contributed by atoms with Crippen molar-refractivity contribution in [1.29, 1.82) is 0 Å². The van der Waals surface area contributed by atoms with Crippen molar-refractivity contribution in [3.8, 4) is 41.2 Å². The zero-order valence-electron chi connectivity index (χ0n) is 25.5. The number of fused-ring (bicyclic) bond motifs is 4. The minimum absolute atomic E-state index is 0.0125. The number of nitrogens with zero attached hydrogens (tertiary/aromatic N) is 5. The van der Waals surface area contributed by atoms with Crippen LogP contribution in [0.3, 0.4) is 0 Å². The molecule has 0 spiro atoms. The zero-order chi connectivity index (χ0) is 31.3. The molecule has 0 amide bonds. The highest BCUT2D eigenvalue weighted by Gasteiger charge is 2.45. The maximum absolute atomic E-state index is 16.8. The fraction of sp³-hybridized carbons (Fsp3) is 0.441. The number of piperazine rings is 1. The van der Waals surface area contributed by atoms with Crippen molar-refractivity contribution in [3.63, 3.8) is 0 Å². The summed E-state index contributed by atoms with van der Waals surface area (Å²) in [6.07, 6.45) is 10.0. The summed E-state index contributed by atoms with van der Waals surface area (Å²) >= 11 is 0. The third kappa shape index (κ3) is 4.78. The molecule has 0 aliphatic carbocycles. The van der Waals surface area contributed by atoms with E-state index in [4.69, 9.17) is 20.9 Å². The Hall–Kier alpha value is -4.27. The van der Waals surface area contributed by atoms with Crippen LogP contribution in [-0.2, 0) is 0 Å². The third-order valence-corrected chi connectivity index (χ3v) is 9.48. The van der Waals surface area contributed by atoms with Crippen molar-refractivity contribution >= 4 is 27.5 Å². The molecule has 8 rings (SSSR count). The van der Waals surface area contributed by atoms with Gasteiger partial charge in [-0.2, -0.15) is 9.97 Å². The van der Waals surface area contributed by atoms with E-state index in [2.05, 4.69) is 31.0 Å². The molecule has 0 unspecified atom stereocenters. The van der Waals surface area contributed by atoms with Crippen LogP contribution < -0.4 is 19.7 Å². The first-order chi connectivity index (χ1) is 22.0. The van der Waals surface area contributed by atoms with Gasteiger partial charge in [0.1, 0.15) is 47.2 Å². The molecule has 4 aromatic rings. The number of phenolic OH excluding ortho intramolecular Hbond substituents is 1. The highest BCUT2D eigenvalue weighted by atomic mass is 19.1. The van der Waals surface area contributed by atoms with E-state index in [0.29, 0.717) is 36.3 Å². The molecule has 3 saturated heterocycles. The van der Waals surface area contributed by atoms with Crippen molar-refractivity contribution in [2.24, 2.45) is 0 Å². The quantitative estimate of drug-likeness (QED) is 0.308. The molecule has 11 heteroatoms. The number of rotatable bonds is 4. The molecule has 4 aliphatic heterocycles. The first-order valence-electron chi connectivity index (χ1n) is 15.8. The summed E-state index contributed by atoms with van der Waals surface area (Å²) < 4.78 is 44.2. The molecule has 2 N–H and O–H groups in total. The van der Waals surface area contributed by atoms with Crippen molar-refractivity contribution in [3.05, 3.63) is 41.5 Å². The molecule has 0 saturated carbocycles. The van der Waals surface area contributed by atoms with Crippen molar-refractivity contribution in [1.82, 2.24) is 25.2 Å². The Morgan fingerprint density at radius 3 is 2.69 bits per heavy atom. The number of nitrogens with one attached hydrogen (secondary N) is 1. The van der Waals surface area contributed by atoms with Gasteiger partial charge in [-0.1, -0.05) is 25.8 Å². The van der Waals surface area contributed by atoms with Crippen LogP contribution in [0.1, 0.15) is 45.1 Å². The monoisotopic (exact) mass is 614 g/mol. The van der Waals surface area contributed by atoms with Crippen LogP contribution in [0.5, 0.6) is 17.6 Å². The molecule has 45 heavy (non-hydrogen) atoms. The number of aromatic hydroxyl groups is 1. The SMILES string of the molecule is C#Cc1c(F)ccc2cc(O)cc(-c3nc4c5c(nc(OCC67CCCN6CCC7)nc5c3F)N3CCNC[C@H]3CO4)c12.CC. The Morgan fingerprint density at radius 1 is 1.11 bits per heavy atom. The lowest BCUT2D eigenvalue weighted by Crippen LogP contribution is -2.53. The standard InChI is InChI=1S/C32H30F2N6O3.C2H6/c1-2-21-23(33)6-5-18-13-20(41)14-22(24(18)21)27-26(34)28-25-29(40-12-9-35-15-19(40)16-42-30(25)36-27)38-31(37-28)43-17-32-7-3-10-39(32)11-4-8-32;1-2/h1,5-6,13-14,19,35,41H,3-4,7-12,15-17H2;1-2H3/t19-;/m0./s1. The first-order valence-corrected chi connectivity index (χ1v) is 15.8. The Kier molecular flexibility index (Phi) is 7.58. The molecule has 9 nitrogen and oxygen atoms in total. The van der Waals surface area contributed by atoms with E-state index >= 15 is 4.39 Å². The molecule has 2 aromatic heterocycles. The van der Waals surface area contributed by atoms with Gasteiger partial charge in [0.05, 0.1) is 17.1 Å². The maximum Gasteiger partial charge on any atom is 0.319 e. The summed E-state index contributed by atoms with van der Waals surface area (Å²) in [5.41, 5.74) is -0.124. The van der Waals surface area contributed by atoms with Gasteiger partial charge in [0.15, 0.2) is 5.82 Å². The van der Waals surface area contributed by atoms with Crippen LogP contribution in [-0.4, -0.2) is 82.5 Å². The van der Waals surface area contributed by atoms with Crippen LogP contribution in [0.2, 0.25) is 0 Å². The zero-order valence-corrected chi connectivity index (χ0v) is 25.5. The Balaban J connectivity index is 0.00000160. The lowest BCUT2D eigenvalue weighted by Gasteiger charge is -2.35. The summed E-state index contributed by atoms with van der Waals surface area (Å²) in [7, 11) is 0. The number of pyridine rings is 1. The fourth-order valence-electron chi connectivity index (χ4n) is 7.44. The summed E-state index contributed by atoms with van der Waals surface area (Å²) in [6, 6.07) is 5.53. The molecule has 3 fully saturated rings. The molecule has 234 valence electrons. The second-order valence-electron chi connectivity index (χ2n) is 11.9. The maximum atomic E-state index is 16.8. The van der Waals surface area contributed by atoms with Crippen LogP contribution in [0, 0.1) is 24.0 Å². The first kappa shape index (κ1) is 29.4. The lowest BCUT2D eigenvalue weighted by atomic mass is 9.95. The number of hydrogen-bond acceptors (Lipinski definition) is 9. The number of benzene rings is 2. The van der Waals surface area contributed by atoms with Gasteiger partial charge in [-0.3, -0.25) is 4.90 Å². The van der Waals surface area contributed by atoms with Gasteiger partial charge in [-0.15, -0.1) is 6.42 Å². The smallest absolute Gasteiger partial charge is 0.319 e. The average molecular weight is 615 g/mol. The van der Waals surface area contributed by atoms with E-state index in [9.17, 15) is 9.50 Å². The number of phenols is 1. The van der Waals surface area contributed by atoms with E-state index in [-0.39, 0.29) is 63.6 Å². The Morgan fingerprint density at radius 2 is 1.91 bits per heavy atom. The number of hydrogen-bond donors (Lipinski definition) is 2. The minimum Gasteiger partial charge on any atom is -0.508 e.